The number of aryl methyl sites for hydroxylation is 2. The molecule has 6 heteroatoms. The van der Waals surface area contributed by atoms with Gasteiger partial charge in [-0.05, 0) is 61.4 Å². The molecule has 26 heavy (non-hydrogen) atoms. The number of rotatable bonds is 6. The van der Waals surface area contributed by atoms with Gasteiger partial charge in [0.1, 0.15) is 18.5 Å². The minimum Gasteiger partial charge on any atom is -0.491 e. The van der Waals surface area contributed by atoms with Crippen LogP contribution < -0.4 is 4.74 Å². The maximum Gasteiger partial charge on any atom is 0.337 e. The van der Waals surface area contributed by atoms with Gasteiger partial charge in [-0.2, -0.15) is 0 Å². The summed E-state index contributed by atoms with van der Waals surface area (Å²) in [4.78, 5) is 15.8. The molecular formula is C20H22N2O4. The van der Waals surface area contributed by atoms with Crippen LogP contribution in [-0.2, 0) is 11.3 Å². The Morgan fingerprint density at radius 1 is 1.19 bits per heavy atom. The number of carbonyl (C=O) groups excluding carboxylic acids is 1. The molecule has 1 heterocycles. The lowest BCUT2D eigenvalue weighted by atomic mass is 10.1. The molecule has 0 aliphatic heterocycles. The van der Waals surface area contributed by atoms with Gasteiger partial charge in [0.05, 0.1) is 36.6 Å². The zero-order valence-corrected chi connectivity index (χ0v) is 15.1. The fourth-order valence-corrected chi connectivity index (χ4v) is 2.74. The second-order valence-electron chi connectivity index (χ2n) is 6.30. The Morgan fingerprint density at radius 3 is 2.58 bits per heavy atom. The van der Waals surface area contributed by atoms with E-state index in [0.29, 0.717) is 17.9 Å². The highest BCUT2D eigenvalue weighted by atomic mass is 16.5. The fourth-order valence-electron chi connectivity index (χ4n) is 2.74. The van der Waals surface area contributed by atoms with Gasteiger partial charge in [0.15, 0.2) is 0 Å². The molecule has 0 saturated carbocycles. The van der Waals surface area contributed by atoms with Crippen LogP contribution in [-0.4, -0.2) is 40.4 Å². The Morgan fingerprint density at radius 2 is 1.88 bits per heavy atom. The third kappa shape index (κ3) is 3.86. The van der Waals surface area contributed by atoms with E-state index in [1.807, 2.05) is 10.6 Å². The third-order valence-corrected chi connectivity index (χ3v) is 4.36. The molecule has 6 nitrogen and oxygen atoms in total. The maximum absolute atomic E-state index is 11.4. The van der Waals surface area contributed by atoms with Crippen molar-refractivity contribution in [2.24, 2.45) is 0 Å². The van der Waals surface area contributed by atoms with Gasteiger partial charge in [0.2, 0.25) is 0 Å². The molecule has 0 bridgehead atoms. The first-order valence-corrected chi connectivity index (χ1v) is 8.39. The van der Waals surface area contributed by atoms with Gasteiger partial charge in [-0.25, -0.2) is 9.78 Å². The Kier molecular flexibility index (Phi) is 5.23. The monoisotopic (exact) mass is 354 g/mol. The minimum absolute atomic E-state index is 0.141. The topological polar surface area (TPSA) is 73.6 Å². The summed E-state index contributed by atoms with van der Waals surface area (Å²) in [5.74, 6) is 0.188. The Labute approximate surface area is 152 Å². The average molecular weight is 354 g/mol. The fraction of sp³-hybridized carbons (Fsp3) is 0.300. The first-order chi connectivity index (χ1) is 12.5. The smallest absolute Gasteiger partial charge is 0.337 e. The van der Waals surface area contributed by atoms with Crippen LogP contribution in [0.5, 0.6) is 5.75 Å². The summed E-state index contributed by atoms with van der Waals surface area (Å²) < 4.78 is 12.2. The molecule has 0 fully saturated rings. The highest BCUT2D eigenvalue weighted by molar-refractivity contribution is 5.89. The lowest BCUT2D eigenvalue weighted by molar-refractivity contribution is 0.0600. The van der Waals surface area contributed by atoms with Crippen LogP contribution in [0, 0.1) is 13.8 Å². The van der Waals surface area contributed by atoms with Crippen molar-refractivity contribution in [1.29, 1.82) is 0 Å². The molecular weight excluding hydrogens is 332 g/mol. The van der Waals surface area contributed by atoms with Crippen LogP contribution in [0.4, 0.5) is 0 Å². The summed E-state index contributed by atoms with van der Waals surface area (Å²) in [5, 5.41) is 10.3. The Balaban J connectivity index is 1.61. The number of hydrogen-bond acceptors (Lipinski definition) is 5. The van der Waals surface area contributed by atoms with E-state index in [0.717, 1.165) is 11.0 Å². The lowest BCUT2D eigenvalue weighted by Crippen LogP contribution is -2.23. The molecule has 0 amide bonds. The Bertz CT molecular complexity index is 915. The number of fused-ring (bicyclic) bond motifs is 1. The number of benzene rings is 2. The van der Waals surface area contributed by atoms with Crippen molar-refractivity contribution in [3.8, 4) is 5.75 Å². The first-order valence-electron chi connectivity index (χ1n) is 8.39. The zero-order valence-electron chi connectivity index (χ0n) is 15.1. The standard InChI is InChI=1S/C20H22N2O4/c1-13-8-18-19(9-14(13)2)22(12-21-18)10-16(23)11-26-17-6-4-15(5-7-17)20(24)25-3/h4-9,12,16,23H,10-11H2,1-3H3/t16-/m1/s1. The number of ether oxygens (including phenoxy) is 2. The predicted octanol–water partition coefficient (Wildman–Crippen LogP) is 2.88. The van der Waals surface area contributed by atoms with E-state index in [2.05, 4.69) is 29.6 Å². The Hall–Kier alpha value is -2.86. The number of aliphatic hydroxyl groups is 1. The lowest BCUT2D eigenvalue weighted by Gasteiger charge is -2.14. The third-order valence-electron chi connectivity index (χ3n) is 4.36. The summed E-state index contributed by atoms with van der Waals surface area (Å²) in [7, 11) is 1.34. The van der Waals surface area contributed by atoms with Crippen molar-refractivity contribution >= 4 is 17.0 Å². The van der Waals surface area contributed by atoms with Gasteiger partial charge in [-0.15, -0.1) is 0 Å². The van der Waals surface area contributed by atoms with Crippen LogP contribution >= 0.6 is 0 Å². The summed E-state index contributed by atoms with van der Waals surface area (Å²) in [5.41, 5.74) is 4.75. The van der Waals surface area contributed by atoms with E-state index < -0.39 is 12.1 Å². The number of methoxy groups -OCH3 is 1. The van der Waals surface area contributed by atoms with Gasteiger partial charge in [-0.3, -0.25) is 0 Å². The molecule has 0 radical (unpaired) electrons. The van der Waals surface area contributed by atoms with Crippen LogP contribution in [0.2, 0.25) is 0 Å². The van der Waals surface area contributed by atoms with Crippen molar-refractivity contribution in [3.63, 3.8) is 0 Å². The molecule has 0 unspecified atom stereocenters. The minimum atomic E-state index is -0.686. The van der Waals surface area contributed by atoms with E-state index in [1.165, 1.54) is 18.2 Å². The molecule has 2 aromatic carbocycles. The van der Waals surface area contributed by atoms with E-state index >= 15 is 0 Å². The normalized spacial score (nSPS) is 12.2. The van der Waals surface area contributed by atoms with Gasteiger partial charge >= 0.3 is 5.97 Å². The largest absolute Gasteiger partial charge is 0.491 e. The first kappa shape index (κ1) is 17.9. The van der Waals surface area contributed by atoms with Gasteiger partial charge < -0.3 is 19.1 Å². The molecule has 0 saturated heterocycles. The quantitative estimate of drug-likeness (QED) is 0.689. The molecule has 1 aromatic heterocycles. The number of esters is 1. The molecule has 1 atom stereocenters. The zero-order chi connectivity index (χ0) is 18.7. The number of imidazole rings is 1. The number of aromatic nitrogens is 2. The van der Waals surface area contributed by atoms with Crippen LogP contribution in [0.25, 0.3) is 11.0 Å². The van der Waals surface area contributed by atoms with Gasteiger partial charge in [-0.1, -0.05) is 0 Å². The molecule has 3 rings (SSSR count). The second kappa shape index (κ2) is 7.58. The molecule has 0 spiro atoms. The highest BCUT2D eigenvalue weighted by Crippen LogP contribution is 2.19. The molecule has 0 aliphatic rings. The van der Waals surface area contributed by atoms with Crippen LogP contribution in [0.15, 0.2) is 42.7 Å². The van der Waals surface area contributed by atoms with Crippen molar-refractivity contribution in [2.45, 2.75) is 26.5 Å². The summed E-state index contributed by atoms with van der Waals surface area (Å²) >= 11 is 0. The highest BCUT2D eigenvalue weighted by Gasteiger charge is 2.11. The average Bonchev–Trinajstić information content (AvgIpc) is 3.01. The SMILES string of the molecule is COC(=O)c1ccc(OC[C@H](O)Cn2cnc3cc(C)c(C)cc32)cc1. The van der Waals surface area contributed by atoms with Crippen molar-refractivity contribution in [1.82, 2.24) is 9.55 Å². The number of nitrogens with zero attached hydrogens (tertiary/aromatic N) is 2. The molecule has 3 aromatic rings. The molecule has 136 valence electrons. The van der Waals surface area contributed by atoms with E-state index in [1.54, 1.807) is 30.6 Å². The van der Waals surface area contributed by atoms with E-state index in [-0.39, 0.29) is 6.61 Å². The van der Waals surface area contributed by atoms with Gasteiger partial charge in [0, 0.05) is 0 Å². The van der Waals surface area contributed by atoms with Crippen molar-refractivity contribution < 1.29 is 19.4 Å². The van der Waals surface area contributed by atoms with Gasteiger partial charge in [0.25, 0.3) is 0 Å². The van der Waals surface area contributed by atoms with Crippen LogP contribution in [0.3, 0.4) is 0 Å². The second-order valence-corrected chi connectivity index (χ2v) is 6.30. The summed E-state index contributed by atoms with van der Waals surface area (Å²) in [6.45, 7) is 4.65. The van der Waals surface area contributed by atoms with Crippen LogP contribution in [0.1, 0.15) is 21.5 Å². The summed E-state index contributed by atoms with van der Waals surface area (Å²) in [6.07, 6.45) is 1.05. The molecule has 0 aliphatic carbocycles. The molecule has 1 N–H and O–H groups in total. The number of hydrogen-bond donors (Lipinski definition) is 1. The van der Waals surface area contributed by atoms with Crippen molar-refractivity contribution in [3.05, 3.63) is 59.4 Å². The number of aliphatic hydroxyl groups excluding tert-OH is 1. The van der Waals surface area contributed by atoms with Crippen molar-refractivity contribution in [2.75, 3.05) is 13.7 Å². The van der Waals surface area contributed by atoms with E-state index in [4.69, 9.17) is 4.74 Å². The summed E-state index contributed by atoms with van der Waals surface area (Å²) in [6, 6.07) is 10.7. The maximum atomic E-state index is 11.4. The van der Waals surface area contributed by atoms with E-state index in [9.17, 15) is 9.90 Å². The predicted molar refractivity (Wildman–Crippen MR) is 98.5 cm³/mol. The number of carbonyl (C=O) groups is 1.